The molecule has 164 valence electrons. The number of benzene rings is 1. The van der Waals surface area contributed by atoms with E-state index in [2.05, 4.69) is 0 Å². The molecule has 8 nitrogen and oxygen atoms in total. The van der Waals surface area contributed by atoms with Crippen LogP contribution in [0.2, 0.25) is 0 Å². The van der Waals surface area contributed by atoms with Gasteiger partial charge in [-0.15, -0.1) is 11.3 Å². The van der Waals surface area contributed by atoms with Gasteiger partial charge >= 0.3 is 11.9 Å². The van der Waals surface area contributed by atoms with Gasteiger partial charge in [-0.05, 0) is 47.8 Å². The number of hydrogen-bond acceptors (Lipinski definition) is 8. The second kappa shape index (κ2) is 9.61. The molecular weight excluding hydrogens is 434 g/mol. The maximum absolute atomic E-state index is 12.4. The third kappa shape index (κ3) is 5.12. The highest BCUT2D eigenvalue weighted by Gasteiger charge is 2.35. The Kier molecular flexibility index (Phi) is 6.46. The van der Waals surface area contributed by atoms with Crippen molar-refractivity contribution in [3.63, 3.8) is 0 Å². The zero-order valence-corrected chi connectivity index (χ0v) is 17.7. The standard InChI is InChI=1S/C23H19NO7S/c25-19(15-5-7-17(8-6-15)31-23(28)20-4-2-10-32-20)14-30-22(27)16-11-21(26)24(12-16)13-18-3-1-9-29-18/h1-10,16H,11-14H2/t16-/m0/s1. The van der Waals surface area contributed by atoms with Crippen molar-refractivity contribution >= 4 is 35.0 Å². The van der Waals surface area contributed by atoms with Crippen LogP contribution in [0.1, 0.15) is 32.2 Å². The first-order valence-corrected chi connectivity index (χ1v) is 10.7. The summed E-state index contributed by atoms with van der Waals surface area (Å²) in [5.74, 6) is -1.31. The van der Waals surface area contributed by atoms with Crippen molar-refractivity contribution in [3.05, 3.63) is 76.4 Å². The van der Waals surface area contributed by atoms with Crippen LogP contribution in [0, 0.1) is 5.92 Å². The van der Waals surface area contributed by atoms with Crippen molar-refractivity contribution < 1.29 is 33.1 Å². The Balaban J connectivity index is 1.25. The number of carbonyl (C=O) groups excluding carboxylic acids is 4. The van der Waals surface area contributed by atoms with Gasteiger partial charge in [-0.3, -0.25) is 14.4 Å². The number of esters is 2. The molecule has 3 aromatic rings. The molecule has 1 aromatic carbocycles. The molecule has 3 heterocycles. The maximum Gasteiger partial charge on any atom is 0.353 e. The van der Waals surface area contributed by atoms with Gasteiger partial charge < -0.3 is 18.8 Å². The summed E-state index contributed by atoms with van der Waals surface area (Å²) in [6.07, 6.45) is 1.56. The van der Waals surface area contributed by atoms with Crippen LogP contribution in [-0.2, 0) is 20.9 Å². The van der Waals surface area contributed by atoms with Crippen LogP contribution in [0.5, 0.6) is 5.75 Å². The summed E-state index contributed by atoms with van der Waals surface area (Å²) in [6.45, 7) is 0.0743. The molecule has 0 saturated carbocycles. The van der Waals surface area contributed by atoms with E-state index in [1.165, 1.54) is 46.8 Å². The van der Waals surface area contributed by atoms with Crippen molar-refractivity contribution in [2.24, 2.45) is 5.92 Å². The van der Waals surface area contributed by atoms with E-state index in [0.29, 0.717) is 22.0 Å². The third-order valence-corrected chi connectivity index (χ3v) is 5.78. The molecule has 0 unspecified atom stereocenters. The molecule has 1 aliphatic heterocycles. The van der Waals surface area contributed by atoms with E-state index in [0.717, 1.165) is 0 Å². The van der Waals surface area contributed by atoms with Gasteiger partial charge in [-0.1, -0.05) is 6.07 Å². The zero-order valence-electron chi connectivity index (χ0n) is 16.9. The molecule has 0 radical (unpaired) electrons. The van der Waals surface area contributed by atoms with Crippen molar-refractivity contribution in [1.29, 1.82) is 0 Å². The van der Waals surface area contributed by atoms with Crippen LogP contribution in [-0.4, -0.2) is 41.7 Å². The molecular formula is C23H19NO7S. The van der Waals surface area contributed by atoms with Crippen LogP contribution in [0.3, 0.4) is 0 Å². The van der Waals surface area contributed by atoms with Gasteiger partial charge in [0.15, 0.2) is 12.4 Å². The highest BCUT2D eigenvalue weighted by molar-refractivity contribution is 7.12. The van der Waals surface area contributed by atoms with Gasteiger partial charge in [0.2, 0.25) is 5.91 Å². The fourth-order valence-electron chi connectivity index (χ4n) is 3.27. The number of Topliss-reactive ketones (excluding diaryl/α,β-unsaturated/α-hetero) is 1. The summed E-state index contributed by atoms with van der Waals surface area (Å²) >= 11 is 1.27. The normalized spacial score (nSPS) is 15.6. The van der Waals surface area contributed by atoms with E-state index < -0.39 is 30.2 Å². The number of amides is 1. The van der Waals surface area contributed by atoms with Gasteiger partial charge in [0.25, 0.3) is 0 Å². The molecule has 1 fully saturated rings. The summed E-state index contributed by atoms with van der Waals surface area (Å²) in [5.41, 5.74) is 0.315. The Morgan fingerprint density at radius 2 is 1.91 bits per heavy atom. The van der Waals surface area contributed by atoms with E-state index in [4.69, 9.17) is 13.9 Å². The van der Waals surface area contributed by atoms with Gasteiger partial charge in [0.1, 0.15) is 16.4 Å². The van der Waals surface area contributed by atoms with Gasteiger partial charge in [-0.25, -0.2) is 4.79 Å². The number of furan rings is 1. The number of nitrogens with zero attached hydrogens (tertiary/aromatic N) is 1. The van der Waals surface area contributed by atoms with Crippen molar-refractivity contribution in [3.8, 4) is 5.75 Å². The monoisotopic (exact) mass is 453 g/mol. The third-order valence-electron chi connectivity index (χ3n) is 4.93. The maximum atomic E-state index is 12.4. The first-order chi connectivity index (χ1) is 15.5. The predicted octanol–water partition coefficient (Wildman–Crippen LogP) is 3.33. The quantitative estimate of drug-likeness (QED) is 0.293. The number of hydrogen-bond donors (Lipinski definition) is 0. The van der Waals surface area contributed by atoms with Gasteiger partial charge in [-0.2, -0.15) is 0 Å². The van der Waals surface area contributed by atoms with E-state index in [-0.39, 0.29) is 25.4 Å². The Labute approximate surface area is 187 Å². The first kappa shape index (κ1) is 21.5. The van der Waals surface area contributed by atoms with E-state index in [1.54, 1.807) is 29.6 Å². The molecule has 1 amide bonds. The Bertz CT molecular complexity index is 1100. The molecule has 9 heteroatoms. The van der Waals surface area contributed by atoms with Gasteiger partial charge in [0, 0.05) is 18.5 Å². The first-order valence-electron chi connectivity index (χ1n) is 9.85. The second-order valence-electron chi connectivity index (χ2n) is 7.18. The summed E-state index contributed by atoms with van der Waals surface area (Å²) in [4.78, 5) is 50.8. The fourth-order valence-corrected chi connectivity index (χ4v) is 3.87. The van der Waals surface area contributed by atoms with E-state index in [1.807, 2.05) is 0 Å². The Morgan fingerprint density at radius 1 is 1.09 bits per heavy atom. The lowest BCUT2D eigenvalue weighted by molar-refractivity contribution is -0.147. The van der Waals surface area contributed by atoms with Crippen molar-refractivity contribution in [2.45, 2.75) is 13.0 Å². The van der Waals surface area contributed by atoms with Crippen LogP contribution in [0.25, 0.3) is 0 Å². The summed E-state index contributed by atoms with van der Waals surface area (Å²) < 4.78 is 15.6. The Hall–Kier alpha value is -3.72. The predicted molar refractivity (Wildman–Crippen MR) is 113 cm³/mol. The zero-order chi connectivity index (χ0) is 22.5. The number of thiophene rings is 1. The minimum absolute atomic E-state index is 0.0397. The molecule has 1 saturated heterocycles. The summed E-state index contributed by atoms with van der Waals surface area (Å²) in [5, 5.41) is 1.78. The van der Waals surface area contributed by atoms with Gasteiger partial charge in [0.05, 0.1) is 18.7 Å². The summed E-state index contributed by atoms with van der Waals surface area (Å²) in [7, 11) is 0. The fraction of sp³-hybridized carbons (Fsp3) is 0.217. The Morgan fingerprint density at radius 3 is 2.59 bits per heavy atom. The smallest absolute Gasteiger partial charge is 0.353 e. The lowest BCUT2D eigenvalue weighted by Crippen LogP contribution is -2.27. The molecule has 1 aliphatic rings. The van der Waals surface area contributed by atoms with Crippen molar-refractivity contribution in [2.75, 3.05) is 13.2 Å². The number of ketones is 1. The van der Waals surface area contributed by atoms with Crippen molar-refractivity contribution in [1.82, 2.24) is 4.90 Å². The lowest BCUT2D eigenvalue weighted by atomic mass is 10.1. The van der Waals surface area contributed by atoms with Crippen LogP contribution < -0.4 is 4.74 Å². The SMILES string of the molecule is O=C(COC(=O)[C@H]1CC(=O)N(Cc2ccco2)C1)c1ccc(OC(=O)c2cccs2)cc1. The number of carbonyl (C=O) groups is 4. The van der Waals surface area contributed by atoms with E-state index >= 15 is 0 Å². The van der Waals surface area contributed by atoms with Crippen LogP contribution in [0.15, 0.2) is 64.6 Å². The average Bonchev–Trinajstić information content (AvgIpc) is 3.56. The molecule has 2 aromatic heterocycles. The number of rotatable bonds is 8. The molecule has 0 bridgehead atoms. The molecule has 1 atom stereocenters. The lowest BCUT2D eigenvalue weighted by Gasteiger charge is -2.14. The van der Waals surface area contributed by atoms with Crippen LogP contribution in [0.4, 0.5) is 0 Å². The topological polar surface area (TPSA) is 103 Å². The van der Waals surface area contributed by atoms with E-state index in [9.17, 15) is 19.2 Å². The number of likely N-dealkylation sites (tertiary alicyclic amines) is 1. The second-order valence-corrected chi connectivity index (χ2v) is 8.12. The molecule has 0 aliphatic carbocycles. The van der Waals surface area contributed by atoms with Crippen LogP contribution >= 0.6 is 11.3 Å². The number of ether oxygens (including phenoxy) is 2. The molecule has 0 N–H and O–H groups in total. The summed E-state index contributed by atoms with van der Waals surface area (Å²) in [6, 6.07) is 12.9. The minimum Gasteiger partial charge on any atom is -0.467 e. The molecule has 0 spiro atoms. The minimum atomic E-state index is -0.621. The molecule has 32 heavy (non-hydrogen) atoms. The largest absolute Gasteiger partial charge is 0.467 e. The average molecular weight is 453 g/mol. The highest BCUT2D eigenvalue weighted by Crippen LogP contribution is 2.22. The highest BCUT2D eigenvalue weighted by atomic mass is 32.1. The molecule has 4 rings (SSSR count).